The Morgan fingerprint density at radius 1 is 1.52 bits per heavy atom. The molecule has 1 heterocycles. The molecule has 23 heavy (non-hydrogen) atoms. The van der Waals surface area contributed by atoms with Gasteiger partial charge in [0.05, 0.1) is 32.0 Å². The molecule has 6 nitrogen and oxygen atoms in total. The van der Waals surface area contributed by atoms with Crippen LogP contribution in [0.2, 0.25) is 5.02 Å². The van der Waals surface area contributed by atoms with E-state index in [-0.39, 0.29) is 12.4 Å². The Morgan fingerprint density at radius 3 is 3.09 bits per heavy atom. The van der Waals surface area contributed by atoms with Crippen LogP contribution in [0.1, 0.15) is 18.2 Å². The summed E-state index contributed by atoms with van der Waals surface area (Å²) in [5, 5.41) is 7.08. The lowest BCUT2D eigenvalue weighted by atomic mass is 10.2. The molecule has 0 unspecified atom stereocenters. The number of ether oxygens (including phenoxy) is 2. The number of benzene rings is 1. The molecule has 0 radical (unpaired) electrons. The van der Waals surface area contributed by atoms with Gasteiger partial charge in [-0.25, -0.2) is 4.98 Å². The van der Waals surface area contributed by atoms with Gasteiger partial charge in [-0.2, -0.15) is 5.10 Å². The number of thiazole rings is 1. The molecule has 0 aliphatic carbocycles. The minimum absolute atomic E-state index is 0.151. The van der Waals surface area contributed by atoms with Crippen molar-refractivity contribution in [2.45, 2.75) is 13.3 Å². The number of carbonyl (C=O) groups excluding carboxylic acids is 1. The second-order valence-electron chi connectivity index (χ2n) is 4.38. The maximum atomic E-state index is 11.4. The Kier molecular flexibility index (Phi) is 6.37. The van der Waals surface area contributed by atoms with E-state index >= 15 is 0 Å². The number of aromatic nitrogens is 1. The van der Waals surface area contributed by atoms with E-state index in [1.54, 1.807) is 43.8 Å². The number of hydrogen-bond acceptors (Lipinski definition) is 7. The van der Waals surface area contributed by atoms with Crippen LogP contribution in [0.4, 0.5) is 5.13 Å². The topological polar surface area (TPSA) is 72.8 Å². The standard InChI is InChI=1S/C15H16ClN3O3S/c1-3-22-14(20)7-12-9-23-15(18-12)19-17-8-10-6-11(16)4-5-13(10)21-2/h4-6,8-9H,3,7H2,1-2H3,(H,18,19). The number of rotatable bonds is 7. The molecule has 2 rings (SSSR count). The Bertz CT molecular complexity index is 703. The number of carbonyl (C=O) groups is 1. The number of anilines is 1. The number of hydrogen-bond donors (Lipinski definition) is 1. The molecule has 1 aromatic carbocycles. The average Bonchev–Trinajstić information content (AvgIpc) is 2.95. The van der Waals surface area contributed by atoms with Gasteiger partial charge in [0.1, 0.15) is 5.75 Å². The van der Waals surface area contributed by atoms with Crippen molar-refractivity contribution in [1.82, 2.24) is 4.98 Å². The van der Waals surface area contributed by atoms with Crippen LogP contribution in [0.3, 0.4) is 0 Å². The van der Waals surface area contributed by atoms with Gasteiger partial charge in [-0.3, -0.25) is 10.2 Å². The van der Waals surface area contributed by atoms with Crippen LogP contribution in [0.25, 0.3) is 0 Å². The molecule has 0 amide bonds. The van der Waals surface area contributed by atoms with Crippen LogP contribution in [-0.2, 0) is 16.0 Å². The summed E-state index contributed by atoms with van der Waals surface area (Å²) in [5.74, 6) is 0.374. The second kappa shape index (κ2) is 8.50. The summed E-state index contributed by atoms with van der Waals surface area (Å²) >= 11 is 7.31. The third-order valence-corrected chi connectivity index (χ3v) is 3.77. The Labute approximate surface area is 143 Å². The van der Waals surface area contributed by atoms with Crippen molar-refractivity contribution >= 4 is 40.3 Å². The van der Waals surface area contributed by atoms with Crippen LogP contribution < -0.4 is 10.2 Å². The van der Waals surface area contributed by atoms with Crippen molar-refractivity contribution in [2.75, 3.05) is 19.1 Å². The van der Waals surface area contributed by atoms with Crippen LogP contribution in [0.15, 0.2) is 28.7 Å². The highest BCUT2D eigenvalue weighted by atomic mass is 35.5. The zero-order chi connectivity index (χ0) is 16.7. The van der Waals surface area contributed by atoms with E-state index in [9.17, 15) is 4.79 Å². The zero-order valence-electron chi connectivity index (χ0n) is 12.7. The molecule has 0 saturated carbocycles. The number of nitrogens with zero attached hydrogens (tertiary/aromatic N) is 2. The van der Waals surface area contributed by atoms with Crippen molar-refractivity contribution in [3.8, 4) is 5.75 Å². The number of nitrogens with one attached hydrogen (secondary N) is 1. The normalized spacial score (nSPS) is 10.7. The monoisotopic (exact) mass is 353 g/mol. The highest BCUT2D eigenvalue weighted by Crippen LogP contribution is 2.21. The lowest BCUT2D eigenvalue weighted by molar-refractivity contribution is -0.142. The van der Waals surface area contributed by atoms with E-state index < -0.39 is 0 Å². The van der Waals surface area contributed by atoms with E-state index in [1.165, 1.54) is 11.3 Å². The summed E-state index contributed by atoms with van der Waals surface area (Å²) in [6.07, 6.45) is 1.75. The minimum atomic E-state index is -0.295. The fourth-order valence-corrected chi connectivity index (χ4v) is 2.60. The molecule has 122 valence electrons. The summed E-state index contributed by atoms with van der Waals surface area (Å²) in [6.45, 7) is 2.13. The van der Waals surface area contributed by atoms with Gasteiger partial charge in [0.25, 0.3) is 0 Å². The van der Waals surface area contributed by atoms with Crippen LogP contribution in [-0.4, -0.2) is 30.9 Å². The van der Waals surface area contributed by atoms with Gasteiger partial charge >= 0.3 is 5.97 Å². The van der Waals surface area contributed by atoms with E-state index in [1.807, 2.05) is 0 Å². The van der Waals surface area contributed by atoms with Gasteiger partial charge < -0.3 is 9.47 Å². The minimum Gasteiger partial charge on any atom is -0.496 e. The number of methoxy groups -OCH3 is 1. The Hall–Kier alpha value is -2.12. The first-order chi connectivity index (χ1) is 11.1. The summed E-state index contributed by atoms with van der Waals surface area (Å²) in [7, 11) is 1.58. The number of esters is 1. The molecule has 2 aromatic rings. The SMILES string of the molecule is CCOC(=O)Cc1csc(NN=Cc2cc(Cl)ccc2OC)n1. The average molecular weight is 354 g/mol. The first-order valence-electron chi connectivity index (χ1n) is 6.85. The molecule has 8 heteroatoms. The Balaban J connectivity index is 1.97. The fourth-order valence-electron chi connectivity index (χ4n) is 1.76. The zero-order valence-corrected chi connectivity index (χ0v) is 14.3. The van der Waals surface area contributed by atoms with Crippen molar-refractivity contribution in [1.29, 1.82) is 0 Å². The number of hydrazone groups is 1. The van der Waals surface area contributed by atoms with Gasteiger partial charge in [-0.05, 0) is 25.1 Å². The van der Waals surface area contributed by atoms with Crippen molar-refractivity contribution in [3.63, 3.8) is 0 Å². The van der Waals surface area contributed by atoms with E-state index in [0.717, 1.165) is 5.56 Å². The highest BCUT2D eigenvalue weighted by molar-refractivity contribution is 7.13. The summed E-state index contributed by atoms with van der Waals surface area (Å²) in [4.78, 5) is 15.6. The third kappa shape index (κ3) is 5.22. The molecule has 0 bridgehead atoms. The van der Waals surface area contributed by atoms with Crippen LogP contribution in [0.5, 0.6) is 5.75 Å². The van der Waals surface area contributed by atoms with Gasteiger partial charge in [0, 0.05) is 16.0 Å². The summed E-state index contributed by atoms with van der Waals surface area (Å²) in [5.41, 5.74) is 4.21. The summed E-state index contributed by atoms with van der Waals surface area (Å²) < 4.78 is 10.1. The first-order valence-corrected chi connectivity index (χ1v) is 8.10. The second-order valence-corrected chi connectivity index (χ2v) is 5.68. The Morgan fingerprint density at radius 2 is 2.35 bits per heavy atom. The van der Waals surface area contributed by atoms with Crippen molar-refractivity contribution < 1.29 is 14.3 Å². The molecule has 1 aromatic heterocycles. The largest absolute Gasteiger partial charge is 0.496 e. The molecule has 0 saturated heterocycles. The van der Waals surface area contributed by atoms with Gasteiger partial charge in [0.15, 0.2) is 0 Å². The molecular formula is C15H16ClN3O3S. The van der Waals surface area contributed by atoms with Crippen molar-refractivity contribution in [2.24, 2.45) is 5.10 Å². The van der Waals surface area contributed by atoms with Gasteiger partial charge in [0.2, 0.25) is 5.13 Å². The predicted molar refractivity (Wildman–Crippen MR) is 91.7 cm³/mol. The van der Waals surface area contributed by atoms with E-state index in [0.29, 0.717) is 28.2 Å². The smallest absolute Gasteiger partial charge is 0.311 e. The molecule has 0 atom stereocenters. The van der Waals surface area contributed by atoms with Crippen molar-refractivity contribution in [3.05, 3.63) is 39.9 Å². The third-order valence-electron chi connectivity index (χ3n) is 2.74. The van der Waals surface area contributed by atoms with E-state index in [2.05, 4.69) is 15.5 Å². The summed E-state index contributed by atoms with van der Waals surface area (Å²) in [6, 6.07) is 5.26. The number of halogens is 1. The fraction of sp³-hybridized carbons (Fsp3) is 0.267. The maximum Gasteiger partial charge on any atom is 0.311 e. The molecule has 1 N–H and O–H groups in total. The molecule has 0 aliphatic heterocycles. The van der Waals surface area contributed by atoms with Gasteiger partial charge in [-0.1, -0.05) is 11.6 Å². The molecular weight excluding hydrogens is 338 g/mol. The molecule has 0 aliphatic rings. The van der Waals surface area contributed by atoms with Crippen LogP contribution in [0, 0.1) is 0 Å². The highest BCUT2D eigenvalue weighted by Gasteiger charge is 2.08. The maximum absolute atomic E-state index is 11.4. The lowest BCUT2D eigenvalue weighted by Crippen LogP contribution is -2.07. The van der Waals surface area contributed by atoms with Gasteiger partial charge in [-0.15, -0.1) is 11.3 Å². The predicted octanol–water partition coefficient (Wildman–Crippen LogP) is 3.36. The lowest BCUT2D eigenvalue weighted by Gasteiger charge is -2.04. The molecule has 0 fully saturated rings. The van der Waals surface area contributed by atoms with Crippen LogP contribution >= 0.6 is 22.9 Å². The molecule has 0 spiro atoms. The quantitative estimate of drug-likeness (QED) is 0.469. The first kappa shape index (κ1) is 17.2. The van der Waals surface area contributed by atoms with E-state index in [4.69, 9.17) is 21.1 Å².